The van der Waals surface area contributed by atoms with Crippen LogP contribution in [0.4, 0.5) is 0 Å². The van der Waals surface area contributed by atoms with Crippen molar-refractivity contribution in [2.45, 2.75) is 6.92 Å². The average Bonchev–Trinajstić information content (AvgIpc) is 2.83. The van der Waals surface area contributed by atoms with Crippen LogP contribution in [0, 0.1) is 6.92 Å². The van der Waals surface area contributed by atoms with Gasteiger partial charge >= 0.3 is 0 Å². The van der Waals surface area contributed by atoms with E-state index in [0.29, 0.717) is 0 Å². The van der Waals surface area contributed by atoms with Gasteiger partial charge in [-0.05, 0) is 30.7 Å². The topological polar surface area (TPSA) is 9.86 Å². The van der Waals surface area contributed by atoms with Gasteiger partial charge in [-0.25, -0.2) is 0 Å². The van der Waals surface area contributed by atoms with E-state index in [-0.39, 0.29) is 0 Å². The molecular weight excluding hydrogens is 196 g/mol. The van der Waals surface area contributed by atoms with E-state index in [1.807, 2.05) is 0 Å². The zero-order valence-electron chi connectivity index (χ0n) is 9.51. The number of hydrogen-bond donors (Lipinski definition) is 0. The predicted octanol–water partition coefficient (Wildman–Crippen LogP) is 3.28. The second-order valence-corrected chi connectivity index (χ2v) is 4.18. The molecule has 3 rings (SSSR count). The summed E-state index contributed by atoms with van der Waals surface area (Å²) >= 11 is 0. The summed E-state index contributed by atoms with van der Waals surface area (Å²) in [5, 5.41) is 1.28. The number of benzene rings is 1. The van der Waals surface area contributed by atoms with Gasteiger partial charge in [-0.3, -0.25) is 0 Å². The number of aromatic nitrogens is 2. The van der Waals surface area contributed by atoms with Gasteiger partial charge in [0.05, 0.1) is 0 Å². The lowest BCUT2D eigenvalue weighted by Crippen LogP contribution is -1.98. The van der Waals surface area contributed by atoms with Crippen molar-refractivity contribution in [2.24, 2.45) is 7.05 Å². The number of fused-ring (bicyclic) bond motifs is 1. The molecule has 0 aliphatic carbocycles. The minimum absolute atomic E-state index is 1.24. The molecule has 0 aliphatic rings. The van der Waals surface area contributed by atoms with Crippen LogP contribution >= 0.6 is 0 Å². The van der Waals surface area contributed by atoms with Crippen molar-refractivity contribution in [1.82, 2.24) is 9.13 Å². The molecule has 0 spiro atoms. The SMILES string of the molecule is Cc1ccccc1-n1ccc2ccn(C)c21. The van der Waals surface area contributed by atoms with E-state index < -0.39 is 0 Å². The Morgan fingerprint density at radius 3 is 2.50 bits per heavy atom. The van der Waals surface area contributed by atoms with Crippen LogP contribution in [0.2, 0.25) is 0 Å². The Bertz CT molecular complexity index is 644. The average molecular weight is 210 g/mol. The van der Waals surface area contributed by atoms with Crippen molar-refractivity contribution in [3.8, 4) is 5.69 Å². The van der Waals surface area contributed by atoms with Crippen LogP contribution < -0.4 is 0 Å². The van der Waals surface area contributed by atoms with Gasteiger partial charge in [0.1, 0.15) is 5.65 Å². The summed E-state index contributed by atoms with van der Waals surface area (Å²) in [5.41, 5.74) is 3.79. The van der Waals surface area contributed by atoms with Crippen LogP contribution in [0.15, 0.2) is 48.8 Å². The molecule has 0 saturated heterocycles. The van der Waals surface area contributed by atoms with Gasteiger partial charge in [0.25, 0.3) is 0 Å². The molecule has 0 radical (unpaired) electrons. The van der Waals surface area contributed by atoms with Crippen LogP contribution in [0.3, 0.4) is 0 Å². The Morgan fingerprint density at radius 2 is 1.69 bits per heavy atom. The Labute approximate surface area is 94.7 Å². The highest BCUT2D eigenvalue weighted by molar-refractivity contribution is 5.79. The fourth-order valence-corrected chi connectivity index (χ4v) is 2.23. The van der Waals surface area contributed by atoms with Crippen molar-refractivity contribution < 1.29 is 0 Å². The Kier molecular flexibility index (Phi) is 1.90. The molecule has 0 unspecified atom stereocenters. The Hall–Kier alpha value is -1.96. The molecule has 3 aromatic rings. The van der Waals surface area contributed by atoms with E-state index >= 15 is 0 Å². The number of nitrogens with zero attached hydrogens (tertiary/aromatic N) is 2. The first kappa shape index (κ1) is 9.28. The standard InChI is InChI=1S/C14H14N2/c1-11-5-3-4-6-13(11)16-10-8-12-7-9-15(2)14(12)16/h3-10H,1-2H3. The number of para-hydroxylation sites is 1. The van der Waals surface area contributed by atoms with Gasteiger partial charge in [0.15, 0.2) is 0 Å². The largest absolute Gasteiger partial charge is 0.337 e. The fourth-order valence-electron chi connectivity index (χ4n) is 2.23. The summed E-state index contributed by atoms with van der Waals surface area (Å²) in [6.07, 6.45) is 4.23. The maximum absolute atomic E-state index is 2.24. The molecule has 1 aromatic carbocycles. The van der Waals surface area contributed by atoms with Crippen LogP contribution in [0.5, 0.6) is 0 Å². The maximum Gasteiger partial charge on any atom is 0.124 e. The molecule has 0 saturated carbocycles. The summed E-state index contributed by atoms with van der Waals surface area (Å²) in [6.45, 7) is 2.14. The number of aryl methyl sites for hydroxylation is 2. The zero-order chi connectivity index (χ0) is 11.1. The number of rotatable bonds is 1. The van der Waals surface area contributed by atoms with Gasteiger partial charge in [-0.1, -0.05) is 18.2 Å². The third-order valence-electron chi connectivity index (χ3n) is 3.08. The highest BCUT2D eigenvalue weighted by Crippen LogP contribution is 2.22. The Balaban J connectivity index is 2.34. The summed E-state index contributed by atoms with van der Waals surface area (Å²) in [5.74, 6) is 0. The minimum atomic E-state index is 1.24. The molecule has 0 atom stereocenters. The quantitative estimate of drug-likeness (QED) is 0.583. The molecule has 16 heavy (non-hydrogen) atoms. The van der Waals surface area contributed by atoms with E-state index in [1.54, 1.807) is 0 Å². The summed E-state index contributed by atoms with van der Waals surface area (Å²) < 4.78 is 4.40. The van der Waals surface area contributed by atoms with Gasteiger partial charge in [-0.2, -0.15) is 0 Å². The second-order valence-electron chi connectivity index (χ2n) is 4.18. The van der Waals surface area contributed by atoms with Crippen LogP contribution in [0.1, 0.15) is 5.56 Å². The lowest BCUT2D eigenvalue weighted by molar-refractivity contribution is 0.915. The lowest BCUT2D eigenvalue weighted by atomic mass is 10.2. The molecule has 0 amide bonds. The highest BCUT2D eigenvalue weighted by Gasteiger charge is 2.07. The molecule has 0 fully saturated rings. The van der Waals surface area contributed by atoms with Gasteiger partial charge in [0.2, 0.25) is 0 Å². The van der Waals surface area contributed by atoms with E-state index in [0.717, 1.165) is 0 Å². The number of hydrogen-bond acceptors (Lipinski definition) is 0. The summed E-state index contributed by atoms with van der Waals surface area (Å²) in [7, 11) is 2.08. The molecule has 2 nitrogen and oxygen atoms in total. The van der Waals surface area contributed by atoms with Crippen molar-refractivity contribution in [3.63, 3.8) is 0 Å². The van der Waals surface area contributed by atoms with Crippen molar-refractivity contribution in [1.29, 1.82) is 0 Å². The fraction of sp³-hybridized carbons (Fsp3) is 0.143. The summed E-state index contributed by atoms with van der Waals surface area (Å²) in [6, 6.07) is 12.7. The van der Waals surface area contributed by atoms with Gasteiger partial charge in [-0.15, -0.1) is 0 Å². The lowest BCUT2D eigenvalue weighted by Gasteiger charge is -2.09. The predicted molar refractivity (Wildman–Crippen MR) is 67.0 cm³/mol. The first-order valence-corrected chi connectivity index (χ1v) is 5.46. The smallest absolute Gasteiger partial charge is 0.124 e. The van der Waals surface area contributed by atoms with Crippen molar-refractivity contribution in [2.75, 3.05) is 0 Å². The third kappa shape index (κ3) is 1.20. The first-order valence-electron chi connectivity index (χ1n) is 5.46. The molecule has 0 bridgehead atoms. The maximum atomic E-state index is 2.24. The normalized spacial score (nSPS) is 11.1. The minimum Gasteiger partial charge on any atom is -0.337 e. The van der Waals surface area contributed by atoms with E-state index in [9.17, 15) is 0 Å². The highest BCUT2D eigenvalue weighted by atomic mass is 15.1. The van der Waals surface area contributed by atoms with E-state index in [1.165, 1.54) is 22.3 Å². The Morgan fingerprint density at radius 1 is 0.938 bits per heavy atom. The van der Waals surface area contributed by atoms with Crippen molar-refractivity contribution in [3.05, 3.63) is 54.4 Å². The molecule has 80 valence electrons. The molecular formula is C14H14N2. The van der Waals surface area contributed by atoms with Crippen LogP contribution in [0.25, 0.3) is 16.7 Å². The molecule has 2 heterocycles. The third-order valence-corrected chi connectivity index (χ3v) is 3.08. The molecule has 2 heteroatoms. The van der Waals surface area contributed by atoms with Crippen LogP contribution in [-0.4, -0.2) is 9.13 Å². The van der Waals surface area contributed by atoms with Gasteiger partial charge in [0, 0.05) is 30.5 Å². The molecule has 0 aliphatic heterocycles. The first-order chi connectivity index (χ1) is 7.77. The molecule has 0 N–H and O–H groups in total. The second kappa shape index (κ2) is 3.27. The van der Waals surface area contributed by atoms with Crippen molar-refractivity contribution >= 4 is 11.0 Å². The zero-order valence-corrected chi connectivity index (χ0v) is 9.51. The monoisotopic (exact) mass is 210 g/mol. The van der Waals surface area contributed by atoms with Gasteiger partial charge < -0.3 is 9.13 Å². The van der Waals surface area contributed by atoms with E-state index in [2.05, 4.69) is 71.9 Å². The summed E-state index contributed by atoms with van der Waals surface area (Å²) in [4.78, 5) is 0. The van der Waals surface area contributed by atoms with E-state index in [4.69, 9.17) is 0 Å². The molecule has 2 aromatic heterocycles. The van der Waals surface area contributed by atoms with Crippen LogP contribution in [-0.2, 0) is 7.05 Å².